The molecule has 1 rings (SSSR count). The number of rotatable bonds is 7. The molecule has 21 heavy (non-hydrogen) atoms. The number of ether oxygens (including phenoxy) is 2. The maximum Gasteiger partial charge on any atom is 0.573 e. The highest BCUT2D eigenvalue weighted by Gasteiger charge is 2.34. The van der Waals surface area contributed by atoms with Crippen LogP contribution in [-0.4, -0.2) is 26.1 Å². The summed E-state index contributed by atoms with van der Waals surface area (Å²) < 4.78 is 47.4. The molecule has 0 bridgehead atoms. The van der Waals surface area contributed by atoms with Crippen LogP contribution in [0.4, 0.5) is 13.2 Å². The van der Waals surface area contributed by atoms with Crippen molar-refractivity contribution in [3.63, 3.8) is 0 Å². The molecule has 0 aliphatic heterocycles. The molecule has 0 aliphatic rings. The molecule has 0 aromatic heterocycles. The molecule has 0 radical (unpaired) electrons. The molecule has 0 fully saturated rings. The summed E-state index contributed by atoms with van der Waals surface area (Å²) in [6, 6.07) is 5.75. The molecule has 0 saturated carbocycles. The average molecular weight is 305 g/mol. The van der Waals surface area contributed by atoms with Crippen molar-refractivity contribution in [3.05, 3.63) is 29.8 Å². The number of alkyl halides is 3. The Hall–Kier alpha value is -1.27. The van der Waals surface area contributed by atoms with Gasteiger partial charge in [0, 0.05) is 12.2 Å². The maximum atomic E-state index is 12.5. The Kier molecular flexibility index (Phi) is 6.48. The van der Waals surface area contributed by atoms with Gasteiger partial charge in [0.05, 0.1) is 12.1 Å². The number of benzene rings is 1. The van der Waals surface area contributed by atoms with Crippen LogP contribution in [0.25, 0.3) is 0 Å². The lowest BCUT2D eigenvalue weighted by Gasteiger charge is -2.31. The lowest BCUT2D eigenvalue weighted by Crippen LogP contribution is -2.36. The summed E-state index contributed by atoms with van der Waals surface area (Å²) in [7, 11) is 1.70. The molecule has 0 heterocycles. The van der Waals surface area contributed by atoms with E-state index in [1.54, 1.807) is 19.2 Å². The summed E-state index contributed by atoms with van der Waals surface area (Å²) in [5, 5.41) is 3.04. The second kappa shape index (κ2) is 7.66. The topological polar surface area (TPSA) is 30.5 Å². The fourth-order valence-electron chi connectivity index (χ4n) is 2.32. The van der Waals surface area contributed by atoms with E-state index in [2.05, 4.69) is 10.1 Å². The molecule has 6 heteroatoms. The van der Waals surface area contributed by atoms with Gasteiger partial charge in [0.2, 0.25) is 0 Å². The largest absolute Gasteiger partial charge is 0.573 e. The van der Waals surface area contributed by atoms with Crippen LogP contribution in [0.5, 0.6) is 5.75 Å². The van der Waals surface area contributed by atoms with Crippen molar-refractivity contribution in [1.29, 1.82) is 0 Å². The first-order valence-electron chi connectivity index (χ1n) is 6.93. The molecule has 0 spiro atoms. The molecular formula is C15H22F3NO2. The molecule has 0 amide bonds. The highest BCUT2D eigenvalue weighted by molar-refractivity contribution is 5.37. The Labute approximate surface area is 123 Å². The predicted octanol–water partition coefficient (Wildman–Crippen LogP) is 3.91. The monoisotopic (exact) mass is 305 g/mol. The quantitative estimate of drug-likeness (QED) is 0.828. The van der Waals surface area contributed by atoms with Crippen LogP contribution in [0.1, 0.15) is 32.4 Å². The number of likely N-dealkylation sites (N-methyl/N-ethyl adjacent to an activating group) is 1. The summed E-state index contributed by atoms with van der Waals surface area (Å²) in [6.07, 6.45) is -4.97. The highest BCUT2D eigenvalue weighted by Crippen LogP contribution is 2.34. The van der Waals surface area contributed by atoms with Crippen LogP contribution in [0.2, 0.25) is 0 Å². The van der Waals surface area contributed by atoms with Crippen molar-refractivity contribution in [2.45, 2.75) is 39.3 Å². The van der Waals surface area contributed by atoms with E-state index in [4.69, 9.17) is 4.74 Å². The van der Waals surface area contributed by atoms with Gasteiger partial charge < -0.3 is 14.8 Å². The van der Waals surface area contributed by atoms with Crippen molar-refractivity contribution in [2.24, 2.45) is 5.92 Å². The number of para-hydroxylation sites is 1. The fourth-order valence-corrected chi connectivity index (χ4v) is 2.32. The molecule has 1 N–H and O–H groups in total. The molecule has 2 unspecified atom stereocenters. The number of halogens is 3. The van der Waals surface area contributed by atoms with E-state index in [-0.39, 0.29) is 23.8 Å². The lowest BCUT2D eigenvalue weighted by molar-refractivity contribution is -0.275. The second-order valence-corrected chi connectivity index (χ2v) is 5.02. The van der Waals surface area contributed by atoms with Gasteiger partial charge >= 0.3 is 6.36 Å². The average Bonchev–Trinajstić information content (AvgIpc) is 2.38. The minimum atomic E-state index is -4.71. The van der Waals surface area contributed by atoms with Gasteiger partial charge in [-0.3, -0.25) is 0 Å². The highest BCUT2D eigenvalue weighted by atomic mass is 19.4. The van der Waals surface area contributed by atoms with E-state index in [1.165, 1.54) is 12.1 Å². The van der Waals surface area contributed by atoms with Crippen LogP contribution >= 0.6 is 0 Å². The molecule has 2 atom stereocenters. The molecule has 0 saturated heterocycles. The normalized spacial score (nSPS) is 15.0. The van der Waals surface area contributed by atoms with Crippen molar-refractivity contribution >= 4 is 0 Å². The van der Waals surface area contributed by atoms with Gasteiger partial charge in [-0.2, -0.15) is 0 Å². The minimum absolute atomic E-state index is 0.140. The van der Waals surface area contributed by atoms with Crippen LogP contribution in [0.3, 0.4) is 0 Å². The van der Waals surface area contributed by atoms with Crippen molar-refractivity contribution < 1.29 is 22.6 Å². The smallest absolute Gasteiger partial charge is 0.405 e. The predicted molar refractivity (Wildman–Crippen MR) is 75.2 cm³/mol. The summed E-state index contributed by atoms with van der Waals surface area (Å²) in [4.78, 5) is 0. The van der Waals surface area contributed by atoms with Gasteiger partial charge in [0.1, 0.15) is 5.75 Å². The Morgan fingerprint density at radius 1 is 1.19 bits per heavy atom. The zero-order chi connectivity index (χ0) is 16.0. The van der Waals surface area contributed by atoms with Crippen molar-refractivity contribution in [2.75, 3.05) is 13.7 Å². The molecule has 3 nitrogen and oxygen atoms in total. The van der Waals surface area contributed by atoms with Crippen molar-refractivity contribution in [1.82, 2.24) is 5.32 Å². The zero-order valence-electron chi connectivity index (χ0n) is 12.7. The first-order chi connectivity index (χ1) is 9.80. The summed E-state index contributed by atoms with van der Waals surface area (Å²) in [6.45, 7) is 6.29. The van der Waals surface area contributed by atoms with Gasteiger partial charge in [-0.25, -0.2) is 0 Å². The van der Waals surface area contributed by atoms with Gasteiger partial charge in [0.25, 0.3) is 0 Å². The molecule has 120 valence electrons. The summed E-state index contributed by atoms with van der Waals surface area (Å²) in [5.41, 5.74) is 0.435. The van der Waals surface area contributed by atoms with Crippen LogP contribution in [-0.2, 0) is 4.74 Å². The van der Waals surface area contributed by atoms with E-state index in [0.717, 1.165) is 0 Å². The van der Waals surface area contributed by atoms with E-state index in [9.17, 15) is 13.2 Å². The first kappa shape index (κ1) is 17.8. The van der Waals surface area contributed by atoms with Gasteiger partial charge in [-0.1, -0.05) is 32.0 Å². The van der Waals surface area contributed by atoms with E-state index >= 15 is 0 Å². The minimum Gasteiger partial charge on any atom is -0.405 e. The lowest BCUT2D eigenvalue weighted by atomic mass is 9.93. The SMILES string of the molecule is CCOC(C(C)C)C(NC)c1ccccc1OC(F)(F)F. The first-order valence-corrected chi connectivity index (χ1v) is 6.93. The second-order valence-electron chi connectivity index (χ2n) is 5.02. The third kappa shape index (κ3) is 5.21. The van der Waals surface area contributed by atoms with Crippen LogP contribution < -0.4 is 10.1 Å². The van der Waals surface area contributed by atoms with Crippen LogP contribution in [0.15, 0.2) is 24.3 Å². The maximum absolute atomic E-state index is 12.5. The van der Waals surface area contributed by atoms with E-state index < -0.39 is 6.36 Å². The Morgan fingerprint density at radius 2 is 1.81 bits per heavy atom. The van der Waals surface area contributed by atoms with Gasteiger partial charge in [-0.05, 0) is 26.0 Å². The number of hydrogen-bond donors (Lipinski definition) is 1. The summed E-state index contributed by atoms with van der Waals surface area (Å²) in [5.74, 6) is -0.0592. The standard InChI is InChI=1S/C15H22F3NO2/c1-5-20-14(10(2)3)13(19-4)11-8-6-7-9-12(11)21-15(16,17)18/h6-10,13-14,19H,5H2,1-4H3. The molecule has 1 aromatic carbocycles. The van der Waals surface area contributed by atoms with Gasteiger partial charge in [-0.15, -0.1) is 13.2 Å². The third-order valence-electron chi connectivity index (χ3n) is 3.14. The zero-order valence-corrected chi connectivity index (χ0v) is 12.7. The molecule has 0 aliphatic carbocycles. The third-order valence-corrected chi connectivity index (χ3v) is 3.14. The molecular weight excluding hydrogens is 283 g/mol. The Bertz CT molecular complexity index is 435. The Balaban J connectivity index is 3.15. The van der Waals surface area contributed by atoms with Crippen LogP contribution in [0, 0.1) is 5.92 Å². The Morgan fingerprint density at radius 3 is 2.29 bits per heavy atom. The fraction of sp³-hybridized carbons (Fsp3) is 0.600. The number of hydrogen-bond acceptors (Lipinski definition) is 3. The van der Waals surface area contributed by atoms with Crippen molar-refractivity contribution in [3.8, 4) is 5.75 Å². The van der Waals surface area contributed by atoms with E-state index in [1.807, 2.05) is 20.8 Å². The summed E-state index contributed by atoms with van der Waals surface area (Å²) >= 11 is 0. The number of nitrogens with one attached hydrogen (secondary N) is 1. The molecule has 1 aromatic rings. The van der Waals surface area contributed by atoms with E-state index in [0.29, 0.717) is 12.2 Å². The van der Waals surface area contributed by atoms with Gasteiger partial charge in [0.15, 0.2) is 0 Å².